The monoisotopic (exact) mass is 1800 g/mol. The number of hydrogen-bond acceptors (Lipinski definition) is 26. The van der Waals surface area contributed by atoms with E-state index in [1.165, 1.54) is 107 Å². The molecule has 8 N–H and O–H groups in total. The molecule has 8 rings (SSSR count). The number of rotatable bonds is 17. The first kappa shape index (κ1) is 105. The standard InChI is InChI=1S/C9H13N3OS2.C9H15NOS2.C9H15NS2.2C8H15N2OPS.C8H14N2OS3.C8H14N2OS2.C8H14NO2PS.CH4/c1-6(2)8-12-7(3)9(14-8)15(4,13)11-5-10;1-6(2)8-10-7(3)9(12-8)13(4,5)11;1-6(2)8-10-7(3)9(11-8)12(4)5;2*1-5(2)7-10-6(3)8(13-7)12(4,9)11;1-5(2)7-10-6(3)8(13-7)14(11,12)9-4;1-5(2)7-10-6(3)8(12-7)13(4,9)11;1-5(2)7-9-6(3)8(13-7)12(4,10)11;/h6H,1-4H3;6H,4H2,1-3,5H3;6H,4H2,1-3,5H3;2*5H,1-4H3,(H2,9,11);5,9H,1-4H3;5H,4H2,1-3H3,(H2,9,11);5H,1-4H3,(H,10,11);1H4. The highest BCUT2D eigenvalue weighted by molar-refractivity contribution is 8.32. The van der Waals surface area contributed by atoms with Crippen molar-refractivity contribution < 1.29 is 35.4 Å². The van der Waals surface area contributed by atoms with Gasteiger partial charge in [-0.05, 0) is 80.4 Å². The molecule has 0 radical (unpaired) electrons. The third kappa shape index (κ3) is 33.5. The Morgan fingerprint density at radius 2 is 0.720 bits per heavy atom. The summed E-state index contributed by atoms with van der Waals surface area (Å²) < 4.78 is 94.1. The summed E-state index contributed by atoms with van der Waals surface area (Å²) >= 11 is 16.9. The van der Waals surface area contributed by atoms with E-state index >= 15 is 0 Å². The molecule has 8 aromatic heterocycles. The fourth-order valence-corrected chi connectivity index (χ4v) is 28.1. The summed E-state index contributed by atoms with van der Waals surface area (Å²) in [6.07, 6.45) is 6.88. The van der Waals surface area contributed by atoms with Gasteiger partial charge in [-0.1, -0.05) is 124 Å². The van der Waals surface area contributed by atoms with Gasteiger partial charge < -0.3 is 14.0 Å². The third-order valence-electron chi connectivity index (χ3n) is 13.4. The highest BCUT2D eigenvalue weighted by atomic mass is 32.8. The second-order valence-electron chi connectivity index (χ2n) is 27.6. The lowest BCUT2D eigenvalue weighted by Crippen LogP contribution is -2.16. The van der Waals surface area contributed by atoms with Crippen molar-refractivity contribution in [3.63, 3.8) is 0 Å². The number of aromatic nitrogens is 8. The largest absolute Gasteiger partial charge is 0.341 e. The fraction of sp³-hybridized carbons (Fsp3) is 0.588. The van der Waals surface area contributed by atoms with Gasteiger partial charge in [-0.3, -0.25) is 24.9 Å². The zero-order valence-electron chi connectivity index (χ0n) is 67.3. The Morgan fingerprint density at radius 1 is 0.477 bits per heavy atom. The summed E-state index contributed by atoms with van der Waals surface area (Å²) in [6.45, 7) is 52.6. The van der Waals surface area contributed by atoms with Crippen LogP contribution in [0.25, 0.3) is 0 Å². The summed E-state index contributed by atoms with van der Waals surface area (Å²) in [5, 5.41) is 22.1. The minimum absolute atomic E-state index is 0. The SMILES string of the molecule is C.C=S(C)(=O)c1sc(C(C)C)nc1C.C=S(C)c1sc(C(C)C)nc1C.C=S(N)(=O)c1sc(C(C)C)nc1C.CNS(=O)(=S)c1sc(C(C)C)nc1C.Cc1nc(C(C)C)sc1P(C)(=O)O.Cc1nc(C(C)C)sc1P(C)(N)=O.Cc1nc(C(C)C)sc1P(C)(N)=O.Cc1nc(C(C)C)sc1S(C)(=O)=NC#N. The zero-order chi connectivity index (χ0) is 83.0. The maximum absolute atomic E-state index is 12.0. The van der Waals surface area contributed by atoms with E-state index in [1.54, 1.807) is 46.7 Å². The Kier molecular flexibility index (Phi) is 42.9. The predicted octanol–water partition coefficient (Wildman–Crippen LogP) is 18.3. The lowest BCUT2D eigenvalue weighted by atomic mass is 10.2. The van der Waals surface area contributed by atoms with E-state index in [2.05, 4.69) is 149 Å². The minimum atomic E-state index is -3.12. The van der Waals surface area contributed by atoms with Crippen molar-refractivity contribution in [3.8, 4) is 6.19 Å². The Labute approximate surface area is 682 Å². The van der Waals surface area contributed by atoms with E-state index in [-0.39, 0.29) is 17.9 Å². The molecule has 0 aromatic carbocycles. The predicted molar refractivity (Wildman–Crippen MR) is 484 cm³/mol. The van der Waals surface area contributed by atoms with Gasteiger partial charge in [-0.15, -0.1) is 95.1 Å². The smallest absolute Gasteiger partial charge is 0.238 e. The van der Waals surface area contributed by atoms with E-state index in [1.807, 2.05) is 87.5 Å². The van der Waals surface area contributed by atoms with Gasteiger partial charge in [0.15, 0.2) is 14.6 Å². The molecule has 0 spiro atoms. The summed E-state index contributed by atoms with van der Waals surface area (Å²) in [4.78, 5) is 44.2. The Hall–Kier alpha value is -2.40. The normalized spacial score (nSPS) is 15.5. The number of nitrogens with zero attached hydrogens (tertiary/aromatic N) is 10. The number of nitrogens with two attached hydrogens (primary N) is 3. The van der Waals surface area contributed by atoms with Crippen molar-refractivity contribution in [3.05, 3.63) is 85.6 Å². The molecule has 39 heteroatoms. The van der Waals surface area contributed by atoms with Crippen LogP contribution in [0, 0.1) is 66.8 Å². The molecule has 8 unspecified atom stereocenters. The second-order valence-corrected chi connectivity index (χ2v) is 56.5. The van der Waals surface area contributed by atoms with Crippen LogP contribution in [-0.4, -0.2) is 125 Å². The topological polar surface area (TPSA) is 369 Å². The lowest BCUT2D eigenvalue weighted by Gasteiger charge is -2.02. The molecule has 0 amide bonds. The van der Waals surface area contributed by atoms with Crippen LogP contribution < -0.4 is 34.7 Å². The van der Waals surface area contributed by atoms with E-state index in [0.29, 0.717) is 70.3 Å². The Bertz CT molecular complexity index is 4690. The zero-order valence-corrected chi connectivity index (χ0v) is 81.4. The van der Waals surface area contributed by atoms with Gasteiger partial charge in [-0.25, -0.2) is 57.2 Å². The molecule has 8 aromatic rings. The molecule has 0 bridgehead atoms. The quantitative estimate of drug-likeness (QED) is 0.0321. The average molecular weight is 1800 g/mol. The third-order valence-corrected chi connectivity index (χ3v) is 43.5. The van der Waals surface area contributed by atoms with Gasteiger partial charge in [0.05, 0.1) is 109 Å². The summed E-state index contributed by atoms with van der Waals surface area (Å²) in [7, 11) is -16.4. The van der Waals surface area contributed by atoms with Crippen LogP contribution >= 0.6 is 123 Å². The number of aryl methyl sites for hydroxylation is 8. The highest BCUT2D eigenvalue weighted by Crippen LogP contribution is 2.41. The number of thiazole rings is 8. The van der Waals surface area contributed by atoms with Crippen LogP contribution in [0.2, 0.25) is 0 Å². The lowest BCUT2D eigenvalue weighted by molar-refractivity contribution is 0.497. The molecule has 0 saturated carbocycles. The molecule has 8 heterocycles. The average Bonchev–Trinajstić information content (AvgIpc) is 1.71. The van der Waals surface area contributed by atoms with Gasteiger partial charge in [0.1, 0.15) is 39.4 Å². The van der Waals surface area contributed by atoms with Crippen molar-refractivity contribution >= 4 is 203 Å². The number of nitriles is 1. The van der Waals surface area contributed by atoms with Gasteiger partial charge in [0, 0.05) is 101 Å². The van der Waals surface area contributed by atoms with Crippen molar-refractivity contribution in [2.24, 2.45) is 20.5 Å². The van der Waals surface area contributed by atoms with E-state index in [9.17, 15) is 35.4 Å². The van der Waals surface area contributed by atoms with Crippen LogP contribution in [0.1, 0.15) is 251 Å². The van der Waals surface area contributed by atoms with Crippen LogP contribution in [0.3, 0.4) is 0 Å². The maximum Gasteiger partial charge on any atom is 0.238 e. The molecule has 0 fully saturated rings. The molecule has 0 aliphatic carbocycles. The summed E-state index contributed by atoms with van der Waals surface area (Å²) in [6, 6.07) is 0. The number of hydrogen-bond donors (Lipinski definition) is 5. The van der Waals surface area contributed by atoms with Gasteiger partial charge in [0.25, 0.3) is 0 Å². The first-order valence-corrected chi connectivity index (χ1v) is 56.4. The minimum Gasteiger partial charge on any atom is -0.341 e. The molecule has 8 atom stereocenters. The Balaban J connectivity index is 0.00000120. The van der Waals surface area contributed by atoms with Gasteiger partial charge in [0.2, 0.25) is 13.6 Å². The van der Waals surface area contributed by atoms with E-state index in [0.717, 1.165) is 82.7 Å². The summed E-state index contributed by atoms with van der Waals surface area (Å²) in [5.41, 5.74) is 17.8. The van der Waals surface area contributed by atoms with E-state index in [4.69, 9.17) is 32.6 Å². The second kappa shape index (κ2) is 43.9. The maximum atomic E-state index is 12.0. The van der Waals surface area contributed by atoms with Crippen molar-refractivity contribution in [1.29, 1.82) is 5.26 Å². The molecular weight excluding hydrogens is 1680 g/mol. The summed E-state index contributed by atoms with van der Waals surface area (Å²) in [5.74, 6) is 14.2. The van der Waals surface area contributed by atoms with Crippen LogP contribution in [0.15, 0.2) is 25.4 Å². The molecule has 0 aliphatic heterocycles. The first-order valence-electron chi connectivity index (χ1n) is 33.2. The van der Waals surface area contributed by atoms with Crippen LogP contribution in [-0.2, 0) is 62.5 Å². The van der Waals surface area contributed by atoms with Crippen molar-refractivity contribution in [2.45, 2.75) is 242 Å². The van der Waals surface area contributed by atoms with E-state index < -0.39 is 59.6 Å². The Morgan fingerprint density at radius 3 is 0.925 bits per heavy atom. The molecule has 107 heavy (non-hydrogen) atoms. The van der Waals surface area contributed by atoms with Crippen LogP contribution in [0.5, 0.6) is 0 Å². The molecule has 22 nitrogen and oxygen atoms in total. The van der Waals surface area contributed by atoms with Crippen LogP contribution in [0.4, 0.5) is 0 Å². The van der Waals surface area contributed by atoms with Crippen molar-refractivity contribution in [2.75, 3.05) is 45.8 Å². The highest BCUT2D eigenvalue weighted by Gasteiger charge is 2.26. The molecule has 608 valence electrons. The molecule has 0 saturated heterocycles. The van der Waals surface area contributed by atoms with Crippen molar-refractivity contribution in [1.82, 2.24) is 44.6 Å². The fourth-order valence-electron chi connectivity index (χ4n) is 8.28. The first-order chi connectivity index (χ1) is 47.9. The van der Waals surface area contributed by atoms with Gasteiger partial charge >= 0.3 is 0 Å². The molecular formula is C68H119N14O8P3S14. The number of nitrogens with one attached hydrogen (secondary N) is 1. The molecule has 0 aliphatic rings. The van der Waals surface area contributed by atoms with Gasteiger partial charge in [-0.2, -0.15) is 15.7 Å².